The lowest BCUT2D eigenvalue weighted by atomic mass is 9.92. The number of halogens is 3. The summed E-state index contributed by atoms with van der Waals surface area (Å²) in [5, 5.41) is 11.0. The van der Waals surface area contributed by atoms with Crippen molar-refractivity contribution in [2.24, 2.45) is 5.73 Å². The molecule has 0 aliphatic rings. The lowest BCUT2D eigenvalue weighted by Gasteiger charge is -2.19. The van der Waals surface area contributed by atoms with Gasteiger partial charge in [-0.1, -0.05) is 53.0 Å². The van der Waals surface area contributed by atoms with Gasteiger partial charge in [0, 0.05) is 26.2 Å². The van der Waals surface area contributed by atoms with Gasteiger partial charge in [0.2, 0.25) is 5.91 Å². The molecule has 0 aliphatic carbocycles. The van der Waals surface area contributed by atoms with Gasteiger partial charge in [0.05, 0.1) is 18.0 Å². The molecule has 4 nitrogen and oxygen atoms in total. The van der Waals surface area contributed by atoms with Gasteiger partial charge in [0.15, 0.2) is 0 Å². The summed E-state index contributed by atoms with van der Waals surface area (Å²) in [6, 6.07) is 13.8. The summed E-state index contributed by atoms with van der Waals surface area (Å²) in [5.74, 6) is -1.61. The average molecular weight is 436 g/mol. The van der Waals surface area contributed by atoms with Gasteiger partial charge in [-0.3, -0.25) is 9.78 Å². The molecule has 0 saturated heterocycles. The summed E-state index contributed by atoms with van der Waals surface area (Å²) < 4.78 is 0. The van der Waals surface area contributed by atoms with E-state index in [4.69, 9.17) is 40.5 Å². The second-order valence-electron chi connectivity index (χ2n) is 6.33. The maximum absolute atomic E-state index is 12.4. The topological polar surface area (TPSA) is 76.2 Å². The van der Waals surface area contributed by atoms with Crippen molar-refractivity contribution in [2.75, 3.05) is 0 Å². The Bertz CT molecular complexity index is 1030. The lowest BCUT2D eigenvalue weighted by Crippen LogP contribution is -2.24. The van der Waals surface area contributed by atoms with Crippen LogP contribution < -0.4 is 5.73 Å². The number of hydrogen-bond donors (Lipinski definition) is 2. The third kappa shape index (κ3) is 4.01. The van der Waals surface area contributed by atoms with E-state index in [0.717, 1.165) is 11.1 Å². The number of benzene rings is 2. The number of carbonyl (C=O) groups is 1. The number of rotatable bonds is 5. The molecule has 0 saturated carbocycles. The molecule has 3 aromatic rings. The first-order chi connectivity index (χ1) is 13.3. The largest absolute Gasteiger partial charge is 0.392 e. The van der Waals surface area contributed by atoms with E-state index in [0.29, 0.717) is 37.6 Å². The van der Waals surface area contributed by atoms with E-state index in [1.54, 1.807) is 36.4 Å². The van der Waals surface area contributed by atoms with Gasteiger partial charge in [0.25, 0.3) is 0 Å². The third-order valence-corrected chi connectivity index (χ3v) is 5.57. The number of carbonyl (C=O) groups excluding carboxylic acids is 1. The zero-order chi connectivity index (χ0) is 20.4. The number of primary amides is 1. The second-order valence-corrected chi connectivity index (χ2v) is 7.55. The molecule has 0 radical (unpaired) electrons. The molecule has 3 N–H and O–H groups in total. The molecule has 1 amide bonds. The van der Waals surface area contributed by atoms with E-state index >= 15 is 0 Å². The summed E-state index contributed by atoms with van der Waals surface area (Å²) in [5.41, 5.74) is 9.20. The van der Waals surface area contributed by atoms with Crippen LogP contribution in [0, 0.1) is 6.92 Å². The number of amides is 1. The Balaban J connectivity index is 2.25. The van der Waals surface area contributed by atoms with Crippen molar-refractivity contribution < 1.29 is 9.90 Å². The normalized spacial score (nSPS) is 12.0. The molecular weight excluding hydrogens is 419 g/mol. The Morgan fingerprint density at radius 1 is 1.07 bits per heavy atom. The predicted octanol–water partition coefficient (Wildman–Crippen LogP) is 5.13. The van der Waals surface area contributed by atoms with Crippen LogP contribution in [0.1, 0.15) is 28.3 Å². The third-order valence-electron chi connectivity index (χ3n) is 4.50. The fourth-order valence-corrected chi connectivity index (χ4v) is 3.89. The number of hydrogen-bond acceptors (Lipinski definition) is 3. The first-order valence-electron chi connectivity index (χ1n) is 8.44. The minimum atomic E-state index is -0.967. The number of aliphatic hydroxyl groups is 1. The lowest BCUT2D eigenvalue weighted by molar-refractivity contribution is -0.118. The minimum absolute atomic E-state index is 0.232. The Morgan fingerprint density at radius 2 is 1.68 bits per heavy atom. The molecule has 144 valence electrons. The molecule has 7 heteroatoms. The van der Waals surface area contributed by atoms with Crippen molar-refractivity contribution in [3.8, 4) is 11.3 Å². The van der Waals surface area contributed by atoms with E-state index in [1.165, 1.54) is 0 Å². The van der Waals surface area contributed by atoms with Gasteiger partial charge < -0.3 is 10.8 Å². The van der Waals surface area contributed by atoms with Gasteiger partial charge in [0.1, 0.15) is 5.92 Å². The molecule has 0 fully saturated rings. The van der Waals surface area contributed by atoms with Crippen LogP contribution in [0.25, 0.3) is 11.3 Å². The van der Waals surface area contributed by atoms with Crippen LogP contribution >= 0.6 is 34.8 Å². The molecule has 1 heterocycles. The highest BCUT2D eigenvalue weighted by Gasteiger charge is 2.27. The SMILES string of the molecule is Cc1c(Cl)cccc1-c1cc(CO)cc(C(C(N)=O)c2c(Cl)cccc2Cl)n1. The smallest absolute Gasteiger partial charge is 0.231 e. The molecule has 28 heavy (non-hydrogen) atoms. The number of nitrogens with zero attached hydrogens (tertiary/aromatic N) is 1. The van der Waals surface area contributed by atoms with Crippen molar-refractivity contribution in [1.29, 1.82) is 0 Å². The highest BCUT2D eigenvalue weighted by Crippen LogP contribution is 2.36. The Hall–Kier alpha value is -2.11. The first-order valence-corrected chi connectivity index (χ1v) is 9.57. The van der Waals surface area contributed by atoms with Gasteiger partial charge in [-0.25, -0.2) is 0 Å². The molecule has 2 aromatic carbocycles. The monoisotopic (exact) mass is 434 g/mol. The summed E-state index contributed by atoms with van der Waals surface area (Å²) >= 11 is 18.9. The van der Waals surface area contributed by atoms with Gasteiger partial charge >= 0.3 is 0 Å². The molecule has 1 atom stereocenters. The van der Waals surface area contributed by atoms with E-state index in [1.807, 2.05) is 19.1 Å². The van der Waals surface area contributed by atoms with Crippen LogP contribution in [0.15, 0.2) is 48.5 Å². The van der Waals surface area contributed by atoms with Crippen LogP contribution in [-0.2, 0) is 11.4 Å². The highest BCUT2D eigenvalue weighted by molar-refractivity contribution is 6.36. The van der Waals surface area contributed by atoms with Crippen LogP contribution in [0.3, 0.4) is 0 Å². The maximum atomic E-state index is 12.4. The van der Waals surface area contributed by atoms with Crippen LogP contribution in [-0.4, -0.2) is 16.0 Å². The van der Waals surface area contributed by atoms with Crippen molar-refractivity contribution in [1.82, 2.24) is 4.98 Å². The summed E-state index contributed by atoms with van der Waals surface area (Å²) in [4.78, 5) is 17.0. The summed E-state index contributed by atoms with van der Waals surface area (Å²) in [7, 11) is 0. The van der Waals surface area contributed by atoms with Crippen molar-refractivity contribution in [3.05, 3.63) is 86.0 Å². The molecule has 0 spiro atoms. The fraction of sp³-hybridized carbons (Fsp3) is 0.143. The number of nitrogens with two attached hydrogens (primary N) is 1. The predicted molar refractivity (Wildman–Crippen MR) is 113 cm³/mol. The van der Waals surface area contributed by atoms with E-state index in [9.17, 15) is 9.90 Å². The molecule has 0 aliphatic heterocycles. The number of pyridine rings is 1. The maximum Gasteiger partial charge on any atom is 0.231 e. The van der Waals surface area contributed by atoms with E-state index in [2.05, 4.69) is 4.98 Å². The Morgan fingerprint density at radius 3 is 2.29 bits per heavy atom. The minimum Gasteiger partial charge on any atom is -0.392 e. The average Bonchev–Trinajstić information content (AvgIpc) is 2.66. The summed E-state index contributed by atoms with van der Waals surface area (Å²) in [6.45, 7) is 1.64. The highest BCUT2D eigenvalue weighted by atomic mass is 35.5. The fourth-order valence-electron chi connectivity index (χ4n) is 3.10. The molecular formula is C21H17Cl3N2O2. The number of aliphatic hydroxyl groups excluding tert-OH is 1. The standard InChI is InChI=1S/C21H17Cl3N2O2/c1-11-13(4-2-5-14(11)22)17-8-12(10-27)9-18(26-17)20(21(25)28)19-15(23)6-3-7-16(19)24/h2-9,20,27H,10H2,1H3,(H2,25,28). The van der Waals surface area contributed by atoms with Crippen LogP contribution in [0.5, 0.6) is 0 Å². The Labute approximate surface area is 177 Å². The van der Waals surface area contributed by atoms with Crippen molar-refractivity contribution >= 4 is 40.7 Å². The van der Waals surface area contributed by atoms with Crippen LogP contribution in [0.4, 0.5) is 0 Å². The van der Waals surface area contributed by atoms with E-state index < -0.39 is 11.8 Å². The van der Waals surface area contributed by atoms with Crippen LogP contribution in [0.2, 0.25) is 15.1 Å². The van der Waals surface area contributed by atoms with Crippen molar-refractivity contribution in [2.45, 2.75) is 19.4 Å². The van der Waals surface area contributed by atoms with Gasteiger partial charge in [-0.05, 0) is 48.4 Å². The number of aromatic nitrogens is 1. The van der Waals surface area contributed by atoms with Gasteiger partial charge in [-0.15, -0.1) is 0 Å². The first kappa shape index (κ1) is 20.6. The van der Waals surface area contributed by atoms with Gasteiger partial charge in [-0.2, -0.15) is 0 Å². The zero-order valence-corrected chi connectivity index (χ0v) is 17.2. The molecule has 0 bridgehead atoms. The summed E-state index contributed by atoms with van der Waals surface area (Å²) in [6.07, 6.45) is 0. The Kier molecular flexibility index (Phi) is 6.26. The van der Waals surface area contributed by atoms with Crippen molar-refractivity contribution in [3.63, 3.8) is 0 Å². The van der Waals surface area contributed by atoms with E-state index in [-0.39, 0.29) is 6.61 Å². The second kappa shape index (κ2) is 8.50. The quantitative estimate of drug-likeness (QED) is 0.583. The molecule has 1 unspecified atom stereocenters. The molecule has 3 rings (SSSR count). The zero-order valence-electron chi connectivity index (χ0n) is 14.9. The molecule has 1 aromatic heterocycles.